The average molecular weight is 362 g/mol. The van der Waals surface area contributed by atoms with Crippen LogP contribution in [0.15, 0.2) is 36.5 Å². The lowest BCUT2D eigenvalue weighted by atomic mass is 10.2. The van der Waals surface area contributed by atoms with Crippen molar-refractivity contribution in [3.63, 3.8) is 0 Å². The van der Waals surface area contributed by atoms with Gasteiger partial charge in [-0.25, -0.2) is 0 Å². The molecule has 1 aromatic carbocycles. The number of benzene rings is 1. The van der Waals surface area contributed by atoms with Crippen LogP contribution >= 0.6 is 22.9 Å². The zero-order chi connectivity index (χ0) is 17.1. The normalized spacial score (nSPS) is 11.0. The minimum Gasteiger partial charge on any atom is -0.264 e. The van der Waals surface area contributed by atoms with Crippen LogP contribution in [0.1, 0.15) is 25.1 Å². The number of rotatable bonds is 6. The molecule has 0 unspecified atom stereocenters. The minimum atomic E-state index is 0.247. The van der Waals surface area contributed by atoms with Crippen molar-refractivity contribution in [1.82, 2.24) is 14.8 Å². The van der Waals surface area contributed by atoms with Crippen LogP contribution in [0, 0.1) is 4.91 Å². The molecule has 24 heavy (non-hydrogen) atoms. The van der Waals surface area contributed by atoms with E-state index < -0.39 is 0 Å². The van der Waals surface area contributed by atoms with Gasteiger partial charge in [-0.15, -0.1) is 0 Å². The number of thiazole rings is 1. The van der Waals surface area contributed by atoms with Crippen molar-refractivity contribution in [3.05, 3.63) is 57.7 Å². The van der Waals surface area contributed by atoms with Crippen LogP contribution in [0.2, 0.25) is 5.02 Å². The lowest BCUT2D eigenvalue weighted by molar-refractivity contribution is -0.479. The molecular formula is C17H18ClN4OS+. The summed E-state index contributed by atoms with van der Waals surface area (Å²) >= 11 is 7.25. The summed E-state index contributed by atoms with van der Waals surface area (Å²) in [6.45, 7) is 5.17. The Bertz CT molecular complexity index is 854. The number of nitroso groups, excluding NO2 is 1. The van der Waals surface area contributed by atoms with Gasteiger partial charge in [0, 0.05) is 11.6 Å². The van der Waals surface area contributed by atoms with Gasteiger partial charge in [0.05, 0.1) is 11.4 Å². The standard InChI is InChI=1S/C17H18ClN4OS/c1-3-14-9-15(21(4-2)20-14)16-10-19-17(24-16)22(23)11-12-5-7-13(18)8-6-12/h5-10H,3-4,11H2,1-2H3/q+1. The number of hydrogen-bond acceptors (Lipinski definition) is 4. The summed E-state index contributed by atoms with van der Waals surface area (Å²) in [4.78, 5) is 17.6. The van der Waals surface area contributed by atoms with Gasteiger partial charge in [0.2, 0.25) is 0 Å². The molecule has 7 heteroatoms. The maximum absolute atomic E-state index is 12.4. The Balaban J connectivity index is 1.81. The first-order valence-corrected chi connectivity index (χ1v) is 9.02. The van der Waals surface area contributed by atoms with Gasteiger partial charge in [-0.3, -0.25) is 4.68 Å². The predicted octanol–water partition coefficient (Wildman–Crippen LogP) is 4.85. The molecule has 0 saturated carbocycles. The lowest BCUT2D eigenvalue weighted by Gasteiger charge is -1.99. The summed E-state index contributed by atoms with van der Waals surface area (Å²) in [5.41, 5.74) is 2.96. The summed E-state index contributed by atoms with van der Waals surface area (Å²) in [5, 5.41) is 5.65. The molecule has 0 bridgehead atoms. The minimum absolute atomic E-state index is 0.247. The van der Waals surface area contributed by atoms with E-state index in [4.69, 9.17) is 11.6 Å². The summed E-state index contributed by atoms with van der Waals surface area (Å²) in [6, 6.07) is 9.33. The van der Waals surface area contributed by atoms with Crippen molar-refractivity contribution in [2.75, 3.05) is 0 Å². The smallest absolute Gasteiger partial charge is 0.264 e. The predicted molar refractivity (Wildman–Crippen MR) is 96.8 cm³/mol. The van der Waals surface area contributed by atoms with E-state index in [-0.39, 0.29) is 6.54 Å². The third-order valence-electron chi connectivity index (χ3n) is 3.69. The molecule has 0 amide bonds. The molecule has 0 aliphatic heterocycles. The molecule has 2 aromatic heterocycles. The average Bonchev–Trinajstić information content (AvgIpc) is 3.23. The fourth-order valence-corrected chi connectivity index (χ4v) is 3.37. The van der Waals surface area contributed by atoms with E-state index in [1.807, 2.05) is 16.8 Å². The molecule has 3 rings (SSSR count). The van der Waals surface area contributed by atoms with Gasteiger partial charge in [0.25, 0.3) is 0 Å². The molecule has 0 aliphatic carbocycles. The second-order valence-corrected chi connectivity index (χ2v) is 6.81. The topological polar surface area (TPSA) is 50.8 Å². The largest absolute Gasteiger partial charge is 0.421 e. The van der Waals surface area contributed by atoms with Crippen LogP contribution in [0.5, 0.6) is 0 Å². The van der Waals surface area contributed by atoms with Crippen LogP contribution in [0.4, 0.5) is 5.13 Å². The Kier molecular flexibility index (Phi) is 5.06. The number of hydrogen-bond donors (Lipinski definition) is 0. The molecule has 5 nitrogen and oxygen atoms in total. The van der Waals surface area contributed by atoms with E-state index in [0.717, 1.165) is 39.6 Å². The molecule has 2 heterocycles. The SMILES string of the molecule is CCc1cc(-c2cnc([N+](=O)Cc3ccc(Cl)cc3)s2)n(CC)n1. The molecule has 0 atom stereocenters. The summed E-state index contributed by atoms with van der Waals surface area (Å²) in [6.07, 6.45) is 2.63. The van der Waals surface area contributed by atoms with Crippen molar-refractivity contribution < 1.29 is 4.76 Å². The van der Waals surface area contributed by atoms with Crippen LogP contribution in [0.3, 0.4) is 0 Å². The molecule has 0 N–H and O–H groups in total. The highest BCUT2D eigenvalue weighted by atomic mass is 35.5. The van der Waals surface area contributed by atoms with Gasteiger partial charge in [0.1, 0.15) is 4.88 Å². The molecule has 0 saturated heterocycles. The van der Waals surface area contributed by atoms with Gasteiger partial charge >= 0.3 is 5.13 Å². The van der Waals surface area contributed by atoms with Crippen molar-refractivity contribution in [2.45, 2.75) is 33.4 Å². The van der Waals surface area contributed by atoms with Crippen LogP contribution in [0.25, 0.3) is 10.6 Å². The van der Waals surface area contributed by atoms with E-state index in [1.165, 1.54) is 11.3 Å². The molecule has 3 aromatic rings. The Hall–Kier alpha value is -2.05. The summed E-state index contributed by atoms with van der Waals surface area (Å²) < 4.78 is 2.86. The highest BCUT2D eigenvalue weighted by Gasteiger charge is 2.21. The molecule has 0 spiro atoms. The van der Waals surface area contributed by atoms with Gasteiger partial charge in [-0.2, -0.15) is 5.10 Å². The number of aryl methyl sites for hydroxylation is 2. The van der Waals surface area contributed by atoms with Gasteiger partial charge in [-0.1, -0.05) is 35.6 Å². The first-order chi connectivity index (χ1) is 11.6. The highest BCUT2D eigenvalue weighted by molar-refractivity contribution is 7.18. The molecule has 0 aliphatic rings. The Labute approximate surface area is 149 Å². The maximum atomic E-state index is 12.4. The Morgan fingerprint density at radius 2 is 2.00 bits per heavy atom. The Morgan fingerprint density at radius 1 is 1.25 bits per heavy atom. The second kappa shape index (κ2) is 7.23. The van der Waals surface area contributed by atoms with E-state index in [9.17, 15) is 4.91 Å². The quantitative estimate of drug-likeness (QED) is 0.589. The molecule has 0 fully saturated rings. The first kappa shape index (κ1) is 16.8. The van der Waals surface area contributed by atoms with E-state index >= 15 is 0 Å². The van der Waals surface area contributed by atoms with Crippen molar-refractivity contribution in [2.24, 2.45) is 0 Å². The van der Waals surface area contributed by atoms with E-state index in [2.05, 4.69) is 30.0 Å². The fraction of sp³-hybridized carbons (Fsp3) is 0.294. The van der Waals surface area contributed by atoms with Crippen LogP contribution < -0.4 is 0 Å². The number of aromatic nitrogens is 3. The molecule has 124 valence electrons. The Morgan fingerprint density at radius 3 is 2.67 bits per heavy atom. The summed E-state index contributed by atoms with van der Waals surface area (Å²) in [7, 11) is 0. The zero-order valence-electron chi connectivity index (χ0n) is 13.6. The van der Waals surface area contributed by atoms with Gasteiger partial charge in [-0.05, 0) is 58.2 Å². The van der Waals surface area contributed by atoms with Crippen molar-refractivity contribution in [3.8, 4) is 10.6 Å². The lowest BCUT2D eigenvalue weighted by Crippen LogP contribution is -2.00. The van der Waals surface area contributed by atoms with Crippen molar-refractivity contribution in [1.29, 1.82) is 0 Å². The zero-order valence-corrected chi connectivity index (χ0v) is 15.1. The first-order valence-electron chi connectivity index (χ1n) is 7.82. The number of halogens is 1. The van der Waals surface area contributed by atoms with Gasteiger partial charge < -0.3 is 0 Å². The van der Waals surface area contributed by atoms with Crippen LogP contribution in [-0.4, -0.2) is 19.5 Å². The highest BCUT2D eigenvalue weighted by Crippen LogP contribution is 2.31. The summed E-state index contributed by atoms with van der Waals surface area (Å²) in [5.74, 6) is 0. The molecule has 0 radical (unpaired) electrons. The second-order valence-electron chi connectivity index (χ2n) is 5.36. The third-order valence-corrected chi connectivity index (χ3v) is 4.97. The third kappa shape index (κ3) is 3.55. The number of nitrogens with zero attached hydrogens (tertiary/aromatic N) is 4. The van der Waals surface area contributed by atoms with Crippen molar-refractivity contribution >= 4 is 28.1 Å². The van der Waals surface area contributed by atoms with E-state index in [0.29, 0.717) is 10.2 Å². The maximum Gasteiger partial charge on any atom is 0.421 e. The van der Waals surface area contributed by atoms with Crippen LogP contribution in [-0.2, 0) is 19.5 Å². The molecular weight excluding hydrogens is 344 g/mol. The fourth-order valence-electron chi connectivity index (χ4n) is 2.40. The van der Waals surface area contributed by atoms with E-state index in [1.54, 1.807) is 18.3 Å². The van der Waals surface area contributed by atoms with Gasteiger partial charge in [0.15, 0.2) is 12.7 Å². The monoisotopic (exact) mass is 361 g/mol.